The van der Waals surface area contributed by atoms with Gasteiger partial charge in [0.2, 0.25) is 5.78 Å². The first-order chi connectivity index (χ1) is 15.5. The first kappa shape index (κ1) is 20.0. The number of nitrogens with zero attached hydrogens (tertiary/aromatic N) is 5. The highest BCUT2D eigenvalue weighted by Crippen LogP contribution is 2.23. The number of carbonyl (C=O) groups excluding carboxylic acids is 1. The lowest BCUT2D eigenvalue weighted by atomic mass is 10.1. The van der Waals surface area contributed by atoms with Crippen molar-refractivity contribution in [2.45, 2.75) is 13.8 Å². The normalized spacial score (nSPS) is 11.1. The predicted octanol–water partition coefficient (Wildman–Crippen LogP) is 5.10. The Morgan fingerprint density at radius 2 is 1.78 bits per heavy atom. The van der Waals surface area contributed by atoms with Crippen LogP contribution in [0.5, 0.6) is 0 Å². The lowest BCUT2D eigenvalue weighted by Crippen LogP contribution is -2.12. The van der Waals surface area contributed by atoms with Crippen LogP contribution in [0.4, 0.5) is 5.69 Å². The molecule has 3 aromatic heterocycles. The van der Waals surface area contributed by atoms with E-state index < -0.39 is 0 Å². The van der Waals surface area contributed by atoms with Crippen LogP contribution in [0.15, 0.2) is 73.2 Å². The summed E-state index contributed by atoms with van der Waals surface area (Å²) < 4.78 is 3.64. The summed E-state index contributed by atoms with van der Waals surface area (Å²) in [4.78, 5) is 21.4. The zero-order chi connectivity index (χ0) is 22.2. The van der Waals surface area contributed by atoms with E-state index in [4.69, 9.17) is 11.6 Å². The van der Waals surface area contributed by atoms with Crippen LogP contribution in [0.25, 0.3) is 22.7 Å². The van der Waals surface area contributed by atoms with E-state index in [2.05, 4.69) is 20.4 Å². The largest absolute Gasteiger partial charge is 0.322 e. The van der Waals surface area contributed by atoms with E-state index in [0.29, 0.717) is 22.1 Å². The van der Waals surface area contributed by atoms with Crippen LogP contribution in [-0.2, 0) is 0 Å². The molecule has 7 nitrogen and oxygen atoms in total. The lowest BCUT2D eigenvalue weighted by Gasteiger charge is -2.08. The number of nitrogens with one attached hydrogen (secondary N) is 1. The van der Waals surface area contributed by atoms with E-state index in [1.54, 1.807) is 23.0 Å². The Hall–Kier alpha value is -3.97. The third-order valence-electron chi connectivity index (χ3n) is 5.25. The maximum atomic E-state index is 12.7. The van der Waals surface area contributed by atoms with Crippen molar-refractivity contribution in [2.24, 2.45) is 0 Å². The lowest BCUT2D eigenvalue weighted by molar-refractivity contribution is 0.102. The zero-order valence-corrected chi connectivity index (χ0v) is 18.2. The van der Waals surface area contributed by atoms with Gasteiger partial charge in [0.1, 0.15) is 0 Å². The molecule has 1 amide bonds. The molecule has 8 heteroatoms. The summed E-state index contributed by atoms with van der Waals surface area (Å²) in [7, 11) is 0. The van der Waals surface area contributed by atoms with Crippen LogP contribution >= 0.6 is 11.6 Å². The van der Waals surface area contributed by atoms with E-state index in [1.807, 2.05) is 73.1 Å². The second-order valence-electron chi connectivity index (χ2n) is 7.43. The summed E-state index contributed by atoms with van der Waals surface area (Å²) in [5.41, 5.74) is 5.51. The molecule has 158 valence electrons. The van der Waals surface area contributed by atoms with Crippen LogP contribution in [0.3, 0.4) is 0 Å². The first-order valence-electron chi connectivity index (χ1n) is 10.0. The molecular formula is C24H19ClN6O. The van der Waals surface area contributed by atoms with Crippen LogP contribution < -0.4 is 5.32 Å². The van der Waals surface area contributed by atoms with Gasteiger partial charge in [0, 0.05) is 35.4 Å². The fourth-order valence-corrected chi connectivity index (χ4v) is 3.64. The second-order valence-corrected chi connectivity index (χ2v) is 7.81. The van der Waals surface area contributed by atoms with Gasteiger partial charge < -0.3 is 5.32 Å². The van der Waals surface area contributed by atoms with Crippen molar-refractivity contribution in [1.82, 2.24) is 24.1 Å². The average Bonchev–Trinajstić information content (AvgIpc) is 3.36. The quantitative estimate of drug-likeness (QED) is 0.420. The van der Waals surface area contributed by atoms with Gasteiger partial charge in [-0.2, -0.15) is 5.10 Å². The van der Waals surface area contributed by atoms with E-state index >= 15 is 0 Å². The molecule has 5 rings (SSSR count). The van der Waals surface area contributed by atoms with Crippen molar-refractivity contribution >= 4 is 29.0 Å². The van der Waals surface area contributed by atoms with Gasteiger partial charge >= 0.3 is 0 Å². The smallest absolute Gasteiger partial charge is 0.255 e. The number of hydrogen-bond donors (Lipinski definition) is 1. The molecule has 0 aliphatic rings. The zero-order valence-electron chi connectivity index (χ0n) is 17.5. The molecule has 0 aliphatic heterocycles. The van der Waals surface area contributed by atoms with Crippen LogP contribution in [0.1, 0.15) is 21.7 Å². The number of rotatable bonds is 4. The second kappa shape index (κ2) is 7.94. The summed E-state index contributed by atoms with van der Waals surface area (Å²) in [6.45, 7) is 3.78. The number of aromatic nitrogens is 5. The van der Waals surface area contributed by atoms with Crippen molar-refractivity contribution in [1.29, 1.82) is 0 Å². The first-order valence-corrected chi connectivity index (χ1v) is 10.4. The van der Waals surface area contributed by atoms with Gasteiger partial charge in [-0.3, -0.25) is 9.20 Å². The van der Waals surface area contributed by atoms with E-state index in [1.165, 1.54) is 0 Å². The Kier molecular flexibility index (Phi) is 4.95. The van der Waals surface area contributed by atoms with Gasteiger partial charge in [-0.15, -0.1) is 0 Å². The summed E-state index contributed by atoms with van der Waals surface area (Å²) in [5, 5.41) is 8.02. The number of hydrogen-bond acceptors (Lipinski definition) is 4. The summed E-state index contributed by atoms with van der Waals surface area (Å²) >= 11 is 6.24. The molecule has 0 atom stereocenters. The number of anilines is 1. The third-order valence-corrected chi connectivity index (χ3v) is 5.80. The molecular weight excluding hydrogens is 424 g/mol. The Morgan fingerprint density at radius 1 is 1.03 bits per heavy atom. The maximum absolute atomic E-state index is 12.7. The highest BCUT2D eigenvalue weighted by Gasteiger charge is 2.12. The molecule has 5 aromatic rings. The van der Waals surface area contributed by atoms with Crippen molar-refractivity contribution in [3.05, 3.63) is 95.2 Å². The molecule has 0 saturated heterocycles. The van der Waals surface area contributed by atoms with Gasteiger partial charge in [-0.25, -0.2) is 14.6 Å². The number of aryl methyl sites for hydroxylation is 1. The molecule has 2 aromatic carbocycles. The van der Waals surface area contributed by atoms with Crippen LogP contribution in [-0.4, -0.2) is 30.1 Å². The Balaban J connectivity index is 1.31. The highest BCUT2D eigenvalue weighted by atomic mass is 35.5. The van der Waals surface area contributed by atoms with E-state index in [-0.39, 0.29) is 5.91 Å². The maximum Gasteiger partial charge on any atom is 0.255 e. The SMILES string of the molecule is Cc1nn(-c2ccc(C(=O)Nc3ccc(-c4cn5cccnc5n4)cc3)cc2)c(C)c1Cl. The van der Waals surface area contributed by atoms with Crippen molar-refractivity contribution < 1.29 is 4.79 Å². The number of imidazole rings is 1. The van der Waals surface area contributed by atoms with Crippen molar-refractivity contribution in [3.8, 4) is 16.9 Å². The standard InChI is InChI=1S/C24H19ClN6O/c1-15-22(25)16(2)31(29-15)20-10-6-18(7-11-20)23(32)27-19-8-4-17(5-9-19)21-14-30-13-3-12-26-24(30)28-21/h3-14H,1-2H3,(H,27,32). The summed E-state index contributed by atoms with van der Waals surface area (Å²) in [6.07, 6.45) is 5.54. The number of fused-ring (bicyclic) bond motifs is 1. The Labute approximate surface area is 189 Å². The van der Waals surface area contributed by atoms with Crippen molar-refractivity contribution in [2.75, 3.05) is 5.32 Å². The molecule has 0 unspecified atom stereocenters. The highest BCUT2D eigenvalue weighted by molar-refractivity contribution is 6.31. The number of carbonyl (C=O) groups is 1. The van der Waals surface area contributed by atoms with Crippen molar-refractivity contribution in [3.63, 3.8) is 0 Å². The molecule has 0 radical (unpaired) electrons. The van der Waals surface area contributed by atoms with E-state index in [9.17, 15) is 4.79 Å². The molecule has 32 heavy (non-hydrogen) atoms. The summed E-state index contributed by atoms with van der Waals surface area (Å²) in [5.74, 6) is 0.457. The van der Waals surface area contributed by atoms with Gasteiger partial charge in [-0.1, -0.05) is 23.7 Å². The minimum atomic E-state index is -0.187. The number of benzene rings is 2. The molecule has 0 spiro atoms. The van der Waals surface area contributed by atoms with Gasteiger partial charge in [0.25, 0.3) is 5.91 Å². The topological polar surface area (TPSA) is 77.1 Å². The average molecular weight is 443 g/mol. The Morgan fingerprint density at radius 3 is 2.44 bits per heavy atom. The molecule has 3 heterocycles. The van der Waals surface area contributed by atoms with Crippen LogP contribution in [0, 0.1) is 13.8 Å². The number of amides is 1. The molecule has 0 bridgehead atoms. The third kappa shape index (κ3) is 3.63. The van der Waals surface area contributed by atoms with Crippen LogP contribution in [0.2, 0.25) is 5.02 Å². The molecule has 1 N–H and O–H groups in total. The van der Waals surface area contributed by atoms with E-state index in [0.717, 1.165) is 28.3 Å². The monoisotopic (exact) mass is 442 g/mol. The van der Waals surface area contributed by atoms with Gasteiger partial charge in [-0.05, 0) is 56.3 Å². The van der Waals surface area contributed by atoms with Gasteiger partial charge in [0.05, 0.1) is 27.8 Å². The summed E-state index contributed by atoms with van der Waals surface area (Å²) in [6, 6.07) is 16.7. The fourth-order valence-electron chi connectivity index (χ4n) is 3.53. The van der Waals surface area contributed by atoms with Gasteiger partial charge in [0.15, 0.2) is 0 Å². The fraction of sp³-hybridized carbons (Fsp3) is 0.0833. The minimum Gasteiger partial charge on any atom is -0.322 e. The molecule has 0 saturated carbocycles. The minimum absolute atomic E-state index is 0.187. The molecule has 0 fully saturated rings. The predicted molar refractivity (Wildman–Crippen MR) is 124 cm³/mol. The number of halogens is 1. The molecule has 0 aliphatic carbocycles. The Bertz CT molecular complexity index is 1400.